The fourth-order valence-electron chi connectivity index (χ4n) is 3.96. The topological polar surface area (TPSA) is 13.1 Å². The van der Waals surface area contributed by atoms with Crippen molar-refractivity contribution >= 4 is 44.0 Å². The van der Waals surface area contributed by atoms with E-state index in [1.165, 1.54) is 32.3 Å². The minimum absolute atomic E-state index is 0.932. The molecule has 0 N–H and O–H groups in total. The summed E-state index contributed by atoms with van der Waals surface area (Å²) in [6, 6.07) is 26.0. The highest BCUT2D eigenvalue weighted by molar-refractivity contribution is 7.17. The molecule has 5 aromatic rings. The van der Waals surface area contributed by atoms with Gasteiger partial charge in [-0.1, -0.05) is 48.5 Å². The first kappa shape index (κ1) is 15.0. The molecule has 0 bridgehead atoms. The smallest absolute Gasteiger partial charge is 0.135 e. The van der Waals surface area contributed by atoms with Crippen LogP contribution < -0.4 is 0 Å². The second-order valence-corrected chi connectivity index (χ2v) is 8.03. The number of furan rings is 1. The van der Waals surface area contributed by atoms with Gasteiger partial charge < -0.3 is 4.42 Å². The summed E-state index contributed by atoms with van der Waals surface area (Å²) in [5.74, 6) is 0.932. The quantitative estimate of drug-likeness (QED) is 0.318. The molecule has 0 atom stereocenters. The molecular weight excluding hydrogens is 348 g/mol. The van der Waals surface area contributed by atoms with E-state index >= 15 is 0 Å². The molecule has 0 saturated carbocycles. The van der Waals surface area contributed by atoms with E-state index in [1.54, 1.807) is 11.3 Å². The Balaban J connectivity index is 1.41. The molecule has 1 nitrogen and oxygen atoms in total. The summed E-state index contributed by atoms with van der Waals surface area (Å²) in [5, 5.41) is 4.58. The van der Waals surface area contributed by atoms with Gasteiger partial charge in [0.25, 0.3) is 0 Å². The van der Waals surface area contributed by atoms with E-state index in [0.717, 1.165) is 28.7 Å². The van der Waals surface area contributed by atoms with E-state index in [2.05, 4.69) is 84.3 Å². The van der Waals surface area contributed by atoms with Crippen molar-refractivity contribution in [1.82, 2.24) is 0 Å². The summed E-state index contributed by atoms with van der Waals surface area (Å²) in [6.07, 6.45) is 3.31. The molecule has 27 heavy (non-hydrogen) atoms. The lowest BCUT2D eigenvalue weighted by Crippen LogP contribution is -1.85. The molecule has 0 unspecified atom stereocenters. The predicted octanol–water partition coefficient (Wildman–Crippen LogP) is 7.41. The number of allylic oxidation sites excluding steroid dienone is 1. The third-order valence-electron chi connectivity index (χ3n) is 5.39. The second-order valence-electron chi connectivity index (χ2n) is 7.08. The van der Waals surface area contributed by atoms with Crippen LogP contribution in [-0.4, -0.2) is 0 Å². The van der Waals surface area contributed by atoms with Crippen LogP contribution in [0.25, 0.3) is 44.0 Å². The van der Waals surface area contributed by atoms with E-state index in [4.69, 9.17) is 4.42 Å². The molecule has 0 radical (unpaired) electrons. The highest BCUT2D eigenvalue weighted by atomic mass is 32.1. The third-order valence-corrected chi connectivity index (χ3v) is 6.27. The summed E-state index contributed by atoms with van der Waals surface area (Å²) in [4.78, 5) is 0. The Hall–Kier alpha value is -3.10. The number of rotatable bonds is 2. The average molecular weight is 364 g/mol. The van der Waals surface area contributed by atoms with Gasteiger partial charge in [-0.2, -0.15) is 0 Å². The molecule has 2 heteroatoms. The van der Waals surface area contributed by atoms with Crippen LogP contribution in [0.2, 0.25) is 0 Å². The standard InChI is InChI=1S/C25H16OS/c1-2-4-18-12-21(11-17(18)3-1)19-7-8-23-22(13-19)14-24(26-23)20-6-5-16-9-10-27-25(16)15-20/h1-11,13-15H,12H2. The molecule has 0 aliphatic heterocycles. The molecule has 3 aromatic carbocycles. The van der Waals surface area contributed by atoms with E-state index < -0.39 is 0 Å². The molecule has 128 valence electrons. The van der Waals surface area contributed by atoms with E-state index in [1.807, 2.05) is 0 Å². The average Bonchev–Trinajstić information content (AvgIpc) is 3.42. The minimum Gasteiger partial charge on any atom is -0.456 e. The Morgan fingerprint density at radius 3 is 2.67 bits per heavy atom. The zero-order valence-electron chi connectivity index (χ0n) is 14.6. The molecule has 1 aliphatic carbocycles. The molecule has 6 rings (SSSR count). The van der Waals surface area contributed by atoms with Crippen molar-refractivity contribution in [1.29, 1.82) is 0 Å². The Kier molecular flexibility index (Phi) is 3.17. The predicted molar refractivity (Wildman–Crippen MR) is 115 cm³/mol. The number of hydrogen-bond acceptors (Lipinski definition) is 2. The summed E-state index contributed by atoms with van der Waals surface area (Å²) in [7, 11) is 0. The van der Waals surface area contributed by atoms with E-state index in [0.29, 0.717) is 0 Å². The summed E-state index contributed by atoms with van der Waals surface area (Å²) in [6.45, 7) is 0. The summed E-state index contributed by atoms with van der Waals surface area (Å²) >= 11 is 1.77. The van der Waals surface area contributed by atoms with Gasteiger partial charge in [-0.25, -0.2) is 0 Å². The lowest BCUT2D eigenvalue weighted by Gasteiger charge is -2.02. The van der Waals surface area contributed by atoms with Crippen LogP contribution in [0.1, 0.15) is 16.7 Å². The van der Waals surface area contributed by atoms with Gasteiger partial charge in [-0.3, -0.25) is 0 Å². The fraction of sp³-hybridized carbons (Fsp3) is 0.0400. The van der Waals surface area contributed by atoms with Crippen LogP contribution in [-0.2, 0) is 6.42 Å². The maximum absolute atomic E-state index is 6.14. The highest BCUT2D eigenvalue weighted by Gasteiger charge is 2.15. The Morgan fingerprint density at radius 1 is 0.778 bits per heavy atom. The van der Waals surface area contributed by atoms with Gasteiger partial charge in [0.15, 0.2) is 0 Å². The van der Waals surface area contributed by atoms with Crippen molar-refractivity contribution in [2.45, 2.75) is 6.42 Å². The van der Waals surface area contributed by atoms with Gasteiger partial charge in [0.1, 0.15) is 11.3 Å². The molecule has 0 fully saturated rings. The first-order chi connectivity index (χ1) is 13.3. The van der Waals surface area contributed by atoms with Crippen molar-refractivity contribution in [3.8, 4) is 11.3 Å². The van der Waals surface area contributed by atoms with Crippen LogP contribution in [0.15, 0.2) is 82.6 Å². The van der Waals surface area contributed by atoms with Crippen molar-refractivity contribution in [3.63, 3.8) is 0 Å². The van der Waals surface area contributed by atoms with Gasteiger partial charge in [0.05, 0.1) is 0 Å². The zero-order valence-corrected chi connectivity index (χ0v) is 15.4. The van der Waals surface area contributed by atoms with Crippen molar-refractivity contribution in [2.24, 2.45) is 0 Å². The van der Waals surface area contributed by atoms with Crippen LogP contribution in [0.3, 0.4) is 0 Å². The lowest BCUT2D eigenvalue weighted by molar-refractivity contribution is 0.631. The Morgan fingerprint density at radius 2 is 1.70 bits per heavy atom. The van der Waals surface area contributed by atoms with Crippen molar-refractivity contribution in [2.75, 3.05) is 0 Å². The van der Waals surface area contributed by atoms with Crippen molar-refractivity contribution in [3.05, 3.63) is 94.9 Å². The molecule has 2 aromatic heterocycles. The van der Waals surface area contributed by atoms with Crippen molar-refractivity contribution < 1.29 is 4.42 Å². The second kappa shape index (κ2) is 5.70. The SMILES string of the molecule is C1=C(c2ccc3oc(-c4ccc5ccsc5c4)cc3c2)Cc2ccccc21. The van der Waals surface area contributed by atoms with Gasteiger partial charge in [0.2, 0.25) is 0 Å². The van der Waals surface area contributed by atoms with Gasteiger partial charge in [-0.15, -0.1) is 11.3 Å². The number of hydrogen-bond donors (Lipinski definition) is 0. The first-order valence-corrected chi connectivity index (χ1v) is 10.0. The van der Waals surface area contributed by atoms with Crippen LogP contribution >= 0.6 is 11.3 Å². The first-order valence-electron chi connectivity index (χ1n) is 9.14. The molecule has 1 aliphatic rings. The maximum atomic E-state index is 6.14. The normalized spacial score (nSPS) is 13.3. The number of thiophene rings is 1. The third kappa shape index (κ3) is 2.45. The van der Waals surface area contributed by atoms with Crippen LogP contribution in [0.5, 0.6) is 0 Å². The number of fused-ring (bicyclic) bond motifs is 3. The van der Waals surface area contributed by atoms with E-state index in [9.17, 15) is 0 Å². The molecule has 0 spiro atoms. The van der Waals surface area contributed by atoms with Crippen LogP contribution in [0.4, 0.5) is 0 Å². The molecule has 0 amide bonds. The van der Waals surface area contributed by atoms with Crippen LogP contribution in [0, 0.1) is 0 Å². The van der Waals surface area contributed by atoms with Gasteiger partial charge in [0, 0.05) is 15.6 Å². The van der Waals surface area contributed by atoms with E-state index in [-0.39, 0.29) is 0 Å². The Bertz CT molecular complexity index is 1350. The largest absolute Gasteiger partial charge is 0.456 e. The highest BCUT2D eigenvalue weighted by Crippen LogP contribution is 2.35. The molecular formula is C25H16OS. The fourth-order valence-corrected chi connectivity index (χ4v) is 4.79. The van der Waals surface area contributed by atoms with Gasteiger partial charge >= 0.3 is 0 Å². The minimum atomic E-state index is 0.932. The summed E-state index contributed by atoms with van der Waals surface area (Å²) < 4.78 is 7.44. The number of benzene rings is 3. The van der Waals surface area contributed by atoms with Gasteiger partial charge in [-0.05, 0) is 69.8 Å². The summed E-state index contributed by atoms with van der Waals surface area (Å²) in [5.41, 5.74) is 7.47. The zero-order chi connectivity index (χ0) is 17.8. The molecule has 0 saturated heterocycles. The Labute approximate surface area is 161 Å². The monoisotopic (exact) mass is 364 g/mol. The maximum Gasteiger partial charge on any atom is 0.135 e. The lowest BCUT2D eigenvalue weighted by atomic mass is 10.0. The molecule has 2 heterocycles.